The Kier molecular flexibility index (Phi) is 7.01. The van der Waals surface area contributed by atoms with E-state index in [9.17, 15) is 9.18 Å². The highest BCUT2D eigenvalue weighted by molar-refractivity contribution is 5.96. The SMILES string of the molecule is O=C(Cn1c(-c2ccc3nc(-c4cccc(F)c4)ccc3c2)c(C2CCCCC2)c2ccccc21)N1CCOCC1. The molecule has 3 heterocycles. The van der Waals surface area contributed by atoms with Crippen molar-refractivity contribution in [3.05, 3.63) is 90.2 Å². The molecule has 41 heavy (non-hydrogen) atoms. The molecule has 3 aromatic carbocycles. The second-order valence-corrected chi connectivity index (χ2v) is 11.3. The van der Waals surface area contributed by atoms with Gasteiger partial charge in [-0.2, -0.15) is 0 Å². The molecule has 2 aliphatic rings. The lowest BCUT2D eigenvalue weighted by atomic mass is 9.82. The van der Waals surface area contributed by atoms with Gasteiger partial charge in [-0.05, 0) is 66.3 Å². The summed E-state index contributed by atoms with van der Waals surface area (Å²) in [4.78, 5) is 20.4. The second-order valence-electron chi connectivity index (χ2n) is 11.3. The van der Waals surface area contributed by atoms with Crippen LogP contribution in [-0.2, 0) is 16.1 Å². The monoisotopic (exact) mass is 547 g/mol. The zero-order valence-corrected chi connectivity index (χ0v) is 23.2. The molecule has 1 saturated heterocycles. The number of ether oxygens (including phenoxy) is 1. The lowest BCUT2D eigenvalue weighted by Crippen LogP contribution is -2.42. The number of para-hydroxylation sites is 1. The van der Waals surface area contributed by atoms with Crippen molar-refractivity contribution in [2.75, 3.05) is 26.3 Å². The quantitative estimate of drug-likeness (QED) is 0.228. The van der Waals surface area contributed by atoms with Crippen molar-refractivity contribution >= 4 is 27.7 Å². The van der Waals surface area contributed by atoms with Crippen LogP contribution in [0.5, 0.6) is 0 Å². The number of amides is 1. The third-order valence-electron chi connectivity index (χ3n) is 8.76. The molecule has 0 atom stereocenters. The fraction of sp³-hybridized carbons (Fsp3) is 0.314. The lowest BCUT2D eigenvalue weighted by molar-refractivity contribution is -0.135. The molecule has 0 unspecified atom stereocenters. The minimum Gasteiger partial charge on any atom is -0.378 e. The van der Waals surface area contributed by atoms with Crippen LogP contribution in [0.3, 0.4) is 0 Å². The lowest BCUT2D eigenvalue weighted by Gasteiger charge is -2.28. The maximum absolute atomic E-state index is 13.9. The van der Waals surface area contributed by atoms with Gasteiger partial charge in [0.2, 0.25) is 5.91 Å². The summed E-state index contributed by atoms with van der Waals surface area (Å²) < 4.78 is 21.6. The van der Waals surface area contributed by atoms with Crippen molar-refractivity contribution in [2.24, 2.45) is 0 Å². The van der Waals surface area contributed by atoms with Crippen molar-refractivity contribution in [2.45, 2.75) is 44.6 Å². The van der Waals surface area contributed by atoms with Crippen LogP contribution in [0.4, 0.5) is 4.39 Å². The van der Waals surface area contributed by atoms with E-state index in [1.54, 1.807) is 6.07 Å². The topological polar surface area (TPSA) is 47.4 Å². The molecule has 2 aromatic heterocycles. The van der Waals surface area contributed by atoms with Crippen LogP contribution in [0.2, 0.25) is 0 Å². The first-order valence-electron chi connectivity index (χ1n) is 14.8. The van der Waals surface area contributed by atoms with Crippen molar-refractivity contribution in [3.63, 3.8) is 0 Å². The van der Waals surface area contributed by atoms with E-state index in [4.69, 9.17) is 9.72 Å². The molecule has 0 N–H and O–H groups in total. The highest BCUT2D eigenvalue weighted by Gasteiger charge is 2.28. The zero-order chi connectivity index (χ0) is 27.8. The number of fused-ring (bicyclic) bond motifs is 2. The van der Waals surface area contributed by atoms with Crippen LogP contribution >= 0.6 is 0 Å². The molecule has 1 aliphatic heterocycles. The molecular weight excluding hydrogens is 513 g/mol. The van der Waals surface area contributed by atoms with Crippen LogP contribution in [0.25, 0.3) is 44.3 Å². The van der Waals surface area contributed by atoms with Crippen LogP contribution in [0, 0.1) is 5.82 Å². The van der Waals surface area contributed by atoms with E-state index in [1.807, 2.05) is 17.0 Å². The van der Waals surface area contributed by atoms with Gasteiger partial charge in [0.1, 0.15) is 12.4 Å². The van der Waals surface area contributed by atoms with Gasteiger partial charge in [0, 0.05) is 34.9 Å². The van der Waals surface area contributed by atoms with Gasteiger partial charge < -0.3 is 14.2 Å². The fourth-order valence-electron chi connectivity index (χ4n) is 6.74. The Morgan fingerprint density at radius 3 is 2.54 bits per heavy atom. The number of benzene rings is 3. The number of morpholine rings is 1. The molecule has 7 rings (SSSR count). The molecule has 0 bridgehead atoms. The van der Waals surface area contributed by atoms with E-state index in [2.05, 4.69) is 53.1 Å². The maximum atomic E-state index is 13.9. The van der Waals surface area contributed by atoms with Crippen LogP contribution in [0.1, 0.15) is 43.6 Å². The molecule has 1 saturated carbocycles. The molecule has 1 amide bonds. The normalized spacial score (nSPS) is 16.5. The Morgan fingerprint density at radius 1 is 0.878 bits per heavy atom. The van der Waals surface area contributed by atoms with Gasteiger partial charge in [0.15, 0.2) is 0 Å². The van der Waals surface area contributed by atoms with Gasteiger partial charge in [0.25, 0.3) is 0 Å². The standard InChI is InChI=1S/C35H34FN3O2/c36-28-10-6-9-25(22-28)30-15-13-26-21-27(14-16-31(26)37-30)35-34(24-7-2-1-3-8-24)29-11-4-5-12-32(29)39(35)23-33(40)38-17-19-41-20-18-38/h4-6,9-16,21-22,24H,1-3,7-8,17-20,23H2. The molecular formula is C35H34FN3O2. The number of pyridine rings is 1. The van der Waals surface area contributed by atoms with Crippen molar-refractivity contribution in [1.29, 1.82) is 0 Å². The number of hydrogen-bond acceptors (Lipinski definition) is 3. The van der Waals surface area contributed by atoms with E-state index in [0.717, 1.165) is 38.9 Å². The minimum absolute atomic E-state index is 0.132. The first-order chi connectivity index (χ1) is 20.2. The highest BCUT2D eigenvalue weighted by Crippen LogP contribution is 2.44. The third-order valence-corrected chi connectivity index (χ3v) is 8.76. The van der Waals surface area contributed by atoms with E-state index >= 15 is 0 Å². The summed E-state index contributed by atoms with van der Waals surface area (Å²) >= 11 is 0. The van der Waals surface area contributed by atoms with E-state index in [-0.39, 0.29) is 11.7 Å². The second kappa shape index (κ2) is 11.1. The van der Waals surface area contributed by atoms with Crippen LogP contribution in [0.15, 0.2) is 78.9 Å². The molecule has 0 spiro atoms. The zero-order valence-electron chi connectivity index (χ0n) is 23.2. The summed E-state index contributed by atoms with van der Waals surface area (Å²) in [5, 5.41) is 2.28. The highest BCUT2D eigenvalue weighted by atomic mass is 19.1. The molecule has 5 aromatic rings. The smallest absolute Gasteiger partial charge is 0.242 e. The predicted octanol–water partition coefficient (Wildman–Crippen LogP) is 7.57. The van der Waals surface area contributed by atoms with Gasteiger partial charge in [-0.1, -0.05) is 61.7 Å². The number of hydrogen-bond donors (Lipinski definition) is 0. The number of halogens is 1. The Hall–Kier alpha value is -4.03. The van der Waals surface area contributed by atoms with E-state index < -0.39 is 0 Å². The van der Waals surface area contributed by atoms with Gasteiger partial charge in [-0.25, -0.2) is 9.37 Å². The summed E-state index contributed by atoms with van der Waals surface area (Å²) in [6.07, 6.45) is 6.10. The molecule has 1 aliphatic carbocycles. The Balaban J connectivity index is 1.37. The van der Waals surface area contributed by atoms with Gasteiger partial charge >= 0.3 is 0 Å². The molecule has 6 heteroatoms. The largest absolute Gasteiger partial charge is 0.378 e. The van der Waals surface area contributed by atoms with Gasteiger partial charge in [0.05, 0.1) is 30.1 Å². The molecule has 5 nitrogen and oxygen atoms in total. The first kappa shape index (κ1) is 25.9. The molecule has 208 valence electrons. The van der Waals surface area contributed by atoms with Gasteiger partial charge in [-0.3, -0.25) is 4.79 Å². The average molecular weight is 548 g/mol. The molecule has 2 fully saturated rings. The number of carbonyl (C=O) groups excluding carboxylic acids is 1. The van der Waals surface area contributed by atoms with Crippen LogP contribution in [-0.4, -0.2) is 46.7 Å². The summed E-state index contributed by atoms with van der Waals surface area (Å²) in [6, 6.07) is 25.6. The average Bonchev–Trinajstić information content (AvgIpc) is 3.35. The first-order valence-corrected chi connectivity index (χ1v) is 14.8. The third kappa shape index (κ3) is 5.02. The van der Waals surface area contributed by atoms with E-state index in [0.29, 0.717) is 38.8 Å². The van der Waals surface area contributed by atoms with Crippen LogP contribution < -0.4 is 0 Å². The summed E-state index contributed by atoms with van der Waals surface area (Å²) in [6.45, 7) is 2.76. The van der Waals surface area contributed by atoms with Crippen molar-refractivity contribution in [3.8, 4) is 22.5 Å². The summed E-state index contributed by atoms with van der Waals surface area (Å²) in [5.74, 6) is 0.328. The van der Waals surface area contributed by atoms with Crippen molar-refractivity contribution in [1.82, 2.24) is 14.5 Å². The number of aromatic nitrogens is 2. The minimum atomic E-state index is -0.269. The number of nitrogens with zero attached hydrogens (tertiary/aromatic N) is 3. The maximum Gasteiger partial charge on any atom is 0.242 e. The summed E-state index contributed by atoms with van der Waals surface area (Å²) in [5.41, 5.74) is 7.11. The van der Waals surface area contributed by atoms with E-state index in [1.165, 1.54) is 55.2 Å². The number of carbonyl (C=O) groups is 1. The number of rotatable bonds is 5. The summed E-state index contributed by atoms with van der Waals surface area (Å²) in [7, 11) is 0. The Bertz CT molecular complexity index is 1730. The molecule has 0 radical (unpaired) electrons. The predicted molar refractivity (Wildman–Crippen MR) is 161 cm³/mol. The fourth-order valence-corrected chi connectivity index (χ4v) is 6.74. The van der Waals surface area contributed by atoms with Gasteiger partial charge in [-0.15, -0.1) is 0 Å². The Morgan fingerprint density at radius 2 is 1.71 bits per heavy atom. The van der Waals surface area contributed by atoms with Crippen molar-refractivity contribution < 1.29 is 13.9 Å². The Labute approximate surface area is 239 Å².